The first-order chi connectivity index (χ1) is 8.42. The molecule has 0 atom stereocenters. The Morgan fingerprint density at radius 1 is 1.12 bits per heavy atom. The molecule has 1 aliphatic carbocycles. The fourth-order valence-electron chi connectivity index (χ4n) is 3.09. The number of benzene rings is 1. The van der Waals surface area contributed by atoms with Crippen LogP contribution in [-0.4, -0.2) is 11.1 Å². The Hall–Kier alpha value is -1.28. The monoisotopic (exact) mass is 228 g/mol. The molecule has 1 heterocycles. The Kier molecular flexibility index (Phi) is 2.89. The van der Waals surface area contributed by atoms with Crippen LogP contribution in [0.4, 0.5) is 0 Å². The fraction of sp³-hybridized carbons (Fsp3) is 0.467. The molecule has 17 heavy (non-hydrogen) atoms. The first-order valence-electron chi connectivity index (χ1n) is 6.71. The van der Waals surface area contributed by atoms with E-state index in [1.807, 2.05) is 0 Å². The van der Waals surface area contributed by atoms with Gasteiger partial charge in [0.1, 0.15) is 0 Å². The Balaban J connectivity index is 2.17. The molecule has 0 unspecified atom stereocenters. The zero-order valence-corrected chi connectivity index (χ0v) is 10.3. The van der Waals surface area contributed by atoms with Crippen LogP contribution in [0.25, 0.3) is 10.9 Å². The zero-order valence-electron chi connectivity index (χ0n) is 10.3. The van der Waals surface area contributed by atoms with E-state index in [9.17, 15) is 0 Å². The van der Waals surface area contributed by atoms with Crippen LogP contribution in [0.3, 0.4) is 0 Å². The summed E-state index contributed by atoms with van der Waals surface area (Å²) in [5.41, 5.74) is 10.2. The molecular weight excluding hydrogens is 208 g/mol. The lowest BCUT2D eigenvalue weighted by atomic mass is 9.95. The average Bonchev–Trinajstić information content (AvgIpc) is 2.71. The summed E-state index contributed by atoms with van der Waals surface area (Å²) in [7, 11) is 0. The van der Waals surface area contributed by atoms with Crippen LogP contribution in [0, 0.1) is 0 Å². The molecule has 3 rings (SSSR count). The zero-order chi connectivity index (χ0) is 11.7. The summed E-state index contributed by atoms with van der Waals surface area (Å²) in [6.45, 7) is 1.85. The normalized spacial score (nSPS) is 15.1. The summed E-state index contributed by atoms with van der Waals surface area (Å²) in [6, 6.07) is 8.83. The van der Waals surface area contributed by atoms with Crippen molar-refractivity contribution in [3.8, 4) is 0 Å². The molecule has 0 aliphatic heterocycles. The molecule has 0 spiro atoms. The summed E-state index contributed by atoms with van der Waals surface area (Å²) in [6.07, 6.45) is 6.26. The van der Waals surface area contributed by atoms with E-state index >= 15 is 0 Å². The molecule has 2 aromatic rings. The summed E-state index contributed by atoms with van der Waals surface area (Å²) in [5.74, 6) is 0. The number of aromatic nitrogens is 1. The van der Waals surface area contributed by atoms with Gasteiger partial charge < -0.3 is 10.3 Å². The molecule has 1 aliphatic rings. The topological polar surface area (TPSA) is 30.9 Å². The van der Waals surface area contributed by atoms with Gasteiger partial charge in [0, 0.05) is 23.1 Å². The van der Waals surface area contributed by atoms with Crippen molar-refractivity contribution in [3.63, 3.8) is 0 Å². The Morgan fingerprint density at radius 3 is 2.82 bits per heavy atom. The molecular formula is C15H20N2. The number of aryl methyl sites for hydroxylation is 2. The van der Waals surface area contributed by atoms with E-state index in [1.54, 1.807) is 11.3 Å². The van der Waals surface area contributed by atoms with Crippen molar-refractivity contribution in [2.45, 2.75) is 38.6 Å². The van der Waals surface area contributed by atoms with Crippen LogP contribution < -0.4 is 5.73 Å². The second-order valence-electron chi connectivity index (χ2n) is 4.94. The second-order valence-corrected chi connectivity index (χ2v) is 4.94. The number of rotatable bonds is 3. The van der Waals surface area contributed by atoms with Crippen LogP contribution in [0.1, 0.15) is 30.5 Å². The third kappa shape index (κ3) is 1.77. The average molecular weight is 228 g/mol. The fourth-order valence-corrected chi connectivity index (χ4v) is 3.09. The minimum Gasteiger partial charge on any atom is -0.344 e. The van der Waals surface area contributed by atoms with Crippen molar-refractivity contribution in [2.75, 3.05) is 6.54 Å². The van der Waals surface area contributed by atoms with Gasteiger partial charge in [-0.25, -0.2) is 0 Å². The lowest BCUT2D eigenvalue weighted by Crippen LogP contribution is -2.11. The van der Waals surface area contributed by atoms with Gasteiger partial charge in [-0.1, -0.05) is 18.2 Å². The highest BCUT2D eigenvalue weighted by Crippen LogP contribution is 2.32. The molecule has 1 aromatic carbocycles. The highest BCUT2D eigenvalue weighted by molar-refractivity contribution is 5.85. The molecule has 2 heteroatoms. The maximum absolute atomic E-state index is 5.65. The van der Waals surface area contributed by atoms with Crippen molar-refractivity contribution in [1.82, 2.24) is 4.57 Å². The van der Waals surface area contributed by atoms with Gasteiger partial charge in [0.25, 0.3) is 0 Å². The van der Waals surface area contributed by atoms with Crippen LogP contribution in [0.15, 0.2) is 24.3 Å². The van der Waals surface area contributed by atoms with Crippen molar-refractivity contribution >= 4 is 10.9 Å². The van der Waals surface area contributed by atoms with Gasteiger partial charge in [-0.3, -0.25) is 0 Å². The summed E-state index contributed by atoms with van der Waals surface area (Å²) >= 11 is 0. The molecule has 0 saturated heterocycles. The first kappa shape index (κ1) is 10.8. The largest absolute Gasteiger partial charge is 0.344 e. The number of nitrogens with two attached hydrogens (primary N) is 1. The van der Waals surface area contributed by atoms with E-state index in [4.69, 9.17) is 5.73 Å². The molecule has 1 aromatic heterocycles. The molecule has 0 amide bonds. The number of hydrogen-bond acceptors (Lipinski definition) is 1. The lowest BCUT2D eigenvalue weighted by molar-refractivity contribution is 0.596. The van der Waals surface area contributed by atoms with Gasteiger partial charge in [-0.15, -0.1) is 0 Å². The minimum absolute atomic E-state index is 0.779. The van der Waals surface area contributed by atoms with Crippen molar-refractivity contribution in [2.24, 2.45) is 5.73 Å². The standard InChI is InChI=1S/C15H20N2/c16-10-5-11-17-14-8-3-1-6-12(14)13-7-2-4-9-15(13)17/h1,3,6,8H,2,4-5,7,9-11,16H2. The molecule has 2 nitrogen and oxygen atoms in total. The third-order valence-electron chi connectivity index (χ3n) is 3.87. The first-order valence-corrected chi connectivity index (χ1v) is 6.71. The van der Waals surface area contributed by atoms with Crippen molar-refractivity contribution in [1.29, 1.82) is 0 Å². The van der Waals surface area contributed by atoms with Crippen LogP contribution >= 0.6 is 0 Å². The smallest absolute Gasteiger partial charge is 0.0485 e. The van der Waals surface area contributed by atoms with E-state index in [2.05, 4.69) is 28.8 Å². The number of para-hydroxylation sites is 1. The highest BCUT2D eigenvalue weighted by Gasteiger charge is 2.18. The molecule has 0 saturated carbocycles. The quantitative estimate of drug-likeness (QED) is 0.860. The van der Waals surface area contributed by atoms with Gasteiger partial charge >= 0.3 is 0 Å². The van der Waals surface area contributed by atoms with Gasteiger partial charge in [-0.05, 0) is 50.3 Å². The van der Waals surface area contributed by atoms with Crippen LogP contribution in [-0.2, 0) is 19.4 Å². The Labute approximate surface area is 102 Å². The molecule has 0 radical (unpaired) electrons. The number of fused-ring (bicyclic) bond motifs is 3. The van der Waals surface area contributed by atoms with Gasteiger partial charge in [0.2, 0.25) is 0 Å². The summed E-state index contributed by atoms with van der Waals surface area (Å²) < 4.78 is 2.51. The third-order valence-corrected chi connectivity index (χ3v) is 3.87. The van der Waals surface area contributed by atoms with Gasteiger partial charge in [0.15, 0.2) is 0 Å². The second kappa shape index (κ2) is 4.53. The molecule has 2 N–H and O–H groups in total. The van der Waals surface area contributed by atoms with E-state index in [0.29, 0.717) is 0 Å². The maximum Gasteiger partial charge on any atom is 0.0485 e. The summed E-state index contributed by atoms with van der Waals surface area (Å²) in [4.78, 5) is 0. The Morgan fingerprint density at radius 2 is 1.94 bits per heavy atom. The number of nitrogens with zero attached hydrogens (tertiary/aromatic N) is 1. The molecule has 0 bridgehead atoms. The predicted molar refractivity (Wildman–Crippen MR) is 72.3 cm³/mol. The SMILES string of the molecule is NCCCn1c2c(c3ccccc31)CCCC2. The molecule has 90 valence electrons. The van der Waals surface area contributed by atoms with Crippen LogP contribution in [0.2, 0.25) is 0 Å². The van der Waals surface area contributed by atoms with E-state index in [1.165, 1.54) is 36.6 Å². The maximum atomic E-state index is 5.65. The van der Waals surface area contributed by atoms with E-state index in [-0.39, 0.29) is 0 Å². The Bertz CT molecular complexity index is 525. The van der Waals surface area contributed by atoms with E-state index in [0.717, 1.165) is 19.5 Å². The predicted octanol–water partition coefficient (Wildman–Crippen LogP) is 2.87. The van der Waals surface area contributed by atoms with Crippen molar-refractivity contribution < 1.29 is 0 Å². The van der Waals surface area contributed by atoms with E-state index < -0.39 is 0 Å². The minimum atomic E-state index is 0.779. The van der Waals surface area contributed by atoms with Crippen LogP contribution in [0.5, 0.6) is 0 Å². The number of hydrogen-bond donors (Lipinski definition) is 1. The van der Waals surface area contributed by atoms with Gasteiger partial charge in [-0.2, -0.15) is 0 Å². The lowest BCUT2D eigenvalue weighted by Gasteiger charge is -2.15. The summed E-state index contributed by atoms with van der Waals surface area (Å²) in [5, 5.41) is 1.47. The van der Waals surface area contributed by atoms with Crippen molar-refractivity contribution in [3.05, 3.63) is 35.5 Å². The van der Waals surface area contributed by atoms with Gasteiger partial charge in [0.05, 0.1) is 0 Å². The highest BCUT2D eigenvalue weighted by atomic mass is 15.0. The molecule has 0 fully saturated rings.